The third-order valence-corrected chi connectivity index (χ3v) is 3.47. The fraction of sp³-hybridized carbons (Fsp3) is 0.250. The van der Waals surface area contributed by atoms with Crippen molar-refractivity contribution in [3.05, 3.63) is 35.4 Å². The van der Waals surface area contributed by atoms with Gasteiger partial charge < -0.3 is 14.6 Å². The average Bonchev–Trinajstić information content (AvgIpc) is 2.55. The highest BCUT2D eigenvalue weighted by Crippen LogP contribution is 2.43. The number of imide groups is 1. The van der Waals surface area contributed by atoms with Crippen molar-refractivity contribution in [2.24, 2.45) is 0 Å². The summed E-state index contributed by atoms with van der Waals surface area (Å²) in [4.78, 5) is 22.9. The Morgan fingerprint density at radius 1 is 1.00 bits per heavy atom. The van der Waals surface area contributed by atoms with Crippen LogP contribution in [0.25, 0.3) is 10.8 Å². The van der Waals surface area contributed by atoms with Gasteiger partial charge in [-0.15, -0.1) is 0 Å². The molecule has 6 nitrogen and oxygen atoms in total. The molecule has 12 heteroatoms. The topological polar surface area (TPSA) is 84.9 Å². The largest absolute Gasteiger partial charge is 0.496 e. The van der Waals surface area contributed by atoms with Crippen molar-refractivity contribution in [1.29, 1.82) is 0 Å². The molecule has 0 aromatic heterocycles. The number of alkyl halides is 6. The fourth-order valence-electron chi connectivity index (χ4n) is 2.50. The molecule has 0 saturated heterocycles. The molecule has 0 aliphatic rings. The van der Waals surface area contributed by atoms with Crippen LogP contribution in [-0.2, 0) is 6.18 Å². The number of rotatable bonds is 4. The van der Waals surface area contributed by atoms with Crippen LogP contribution in [0, 0.1) is 0 Å². The minimum atomic E-state index is -4.93. The van der Waals surface area contributed by atoms with Gasteiger partial charge in [0.1, 0.15) is 17.1 Å². The molecule has 0 radical (unpaired) electrons. The Kier molecular flexibility index (Phi) is 5.62. The minimum absolute atomic E-state index is 0.466. The number of amides is 2. The van der Waals surface area contributed by atoms with Crippen molar-refractivity contribution in [2.45, 2.75) is 12.4 Å². The standard InChI is InChI=1S/C16H11F6NO5/c1-27-10-5-2-7-8(12(10)16(20,21)22)3-4-9(28-6-15(17,18)19)11(7)13(24)23-14(25)26/h2-5H,6H2,1H3,(H,23,24)(H,25,26). The van der Waals surface area contributed by atoms with Gasteiger partial charge in [0, 0.05) is 0 Å². The zero-order valence-electron chi connectivity index (χ0n) is 13.9. The van der Waals surface area contributed by atoms with Crippen molar-refractivity contribution < 1.29 is 50.5 Å². The lowest BCUT2D eigenvalue weighted by atomic mass is 9.97. The van der Waals surface area contributed by atoms with Gasteiger partial charge in [0.15, 0.2) is 6.61 Å². The Morgan fingerprint density at radius 2 is 1.57 bits per heavy atom. The highest BCUT2D eigenvalue weighted by Gasteiger charge is 2.37. The lowest BCUT2D eigenvalue weighted by Crippen LogP contribution is -2.30. The molecule has 2 rings (SSSR count). The molecule has 152 valence electrons. The second kappa shape index (κ2) is 7.44. The Bertz CT molecular complexity index is 922. The number of carbonyl (C=O) groups is 2. The zero-order valence-corrected chi connectivity index (χ0v) is 13.9. The van der Waals surface area contributed by atoms with Crippen molar-refractivity contribution in [2.75, 3.05) is 13.7 Å². The first kappa shape index (κ1) is 21.1. The molecule has 2 aromatic carbocycles. The van der Waals surface area contributed by atoms with Gasteiger partial charge in [-0.2, -0.15) is 26.3 Å². The molecular formula is C16H11F6NO5. The molecule has 0 aliphatic carbocycles. The Morgan fingerprint density at radius 3 is 2.07 bits per heavy atom. The van der Waals surface area contributed by atoms with E-state index in [0.717, 1.165) is 31.4 Å². The summed E-state index contributed by atoms with van der Waals surface area (Å²) < 4.78 is 86.8. The third kappa shape index (κ3) is 4.56. The van der Waals surface area contributed by atoms with Gasteiger partial charge in [0.05, 0.1) is 12.7 Å². The van der Waals surface area contributed by atoms with Crippen molar-refractivity contribution in [3.63, 3.8) is 0 Å². The fourth-order valence-corrected chi connectivity index (χ4v) is 2.50. The van der Waals surface area contributed by atoms with Gasteiger partial charge in [0.2, 0.25) is 0 Å². The first-order valence-electron chi connectivity index (χ1n) is 7.30. The van der Waals surface area contributed by atoms with E-state index in [-0.39, 0.29) is 0 Å². The van der Waals surface area contributed by atoms with Crippen LogP contribution in [0.15, 0.2) is 24.3 Å². The van der Waals surface area contributed by atoms with Crippen LogP contribution >= 0.6 is 0 Å². The first-order valence-corrected chi connectivity index (χ1v) is 7.30. The van der Waals surface area contributed by atoms with Crippen LogP contribution in [0.3, 0.4) is 0 Å². The quantitative estimate of drug-likeness (QED) is 0.737. The monoisotopic (exact) mass is 411 g/mol. The van der Waals surface area contributed by atoms with E-state index in [1.165, 1.54) is 5.32 Å². The van der Waals surface area contributed by atoms with Gasteiger partial charge in [-0.3, -0.25) is 10.1 Å². The third-order valence-electron chi connectivity index (χ3n) is 3.47. The predicted octanol–water partition coefficient (Wildman–Crippen LogP) is 4.22. The van der Waals surface area contributed by atoms with Gasteiger partial charge in [-0.25, -0.2) is 4.79 Å². The molecule has 2 aromatic rings. The van der Waals surface area contributed by atoms with Crippen LogP contribution in [0.1, 0.15) is 15.9 Å². The van der Waals surface area contributed by atoms with Gasteiger partial charge in [-0.05, 0) is 35.0 Å². The molecule has 0 heterocycles. The lowest BCUT2D eigenvalue weighted by Gasteiger charge is -2.18. The maximum Gasteiger partial charge on any atom is 0.422 e. The van der Waals surface area contributed by atoms with Crippen LogP contribution in [0.2, 0.25) is 0 Å². The van der Waals surface area contributed by atoms with E-state index in [1.54, 1.807) is 0 Å². The highest BCUT2D eigenvalue weighted by molar-refractivity contribution is 6.14. The molecule has 0 unspecified atom stereocenters. The summed E-state index contributed by atoms with van der Waals surface area (Å²) in [6.45, 7) is -1.84. The van der Waals surface area contributed by atoms with E-state index < -0.39 is 64.4 Å². The van der Waals surface area contributed by atoms with E-state index in [9.17, 15) is 35.9 Å². The maximum atomic E-state index is 13.5. The number of fused-ring (bicyclic) bond motifs is 1. The lowest BCUT2D eigenvalue weighted by molar-refractivity contribution is -0.153. The number of carbonyl (C=O) groups excluding carboxylic acids is 1. The molecule has 0 atom stereocenters. The maximum absolute atomic E-state index is 13.5. The van der Waals surface area contributed by atoms with Crippen molar-refractivity contribution >= 4 is 22.8 Å². The minimum Gasteiger partial charge on any atom is -0.496 e. The average molecular weight is 411 g/mol. The van der Waals surface area contributed by atoms with Crippen LogP contribution in [0.5, 0.6) is 11.5 Å². The number of carboxylic acid groups (broad SMARTS) is 1. The summed E-state index contributed by atoms with van der Waals surface area (Å²) in [5.41, 5.74) is -2.07. The van der Waals surface area contributed by atoms with Crippen LogP contribution in [-0.4, -0.2) is 37.0 Å². The summed E-state index contributed by atoms with van der Waals surface area (Å²) in [6.07, 6.45) is -11.6. The molecule has 2 amide bonds. The first-order chi connectivity index (χ1) is 12.8. The molecule has 0 bridgehead atoms. The van der Waals surface area contributed by atoms with E-state index in [4.69, 9.17) is 5.11 Å². The molecule has 0 aliphatic heterocycles. The predicted molar refractivity (Wildman–Crippen MR) is 82.5 cm³/mol. The molecule has 0 saturated carbocycles. The molecular weight excluding hydrogens is 400 g/mol. The van der Waals surface area contributed by atoms with E-state index in [2.05, 4.69) is 9.47 Å². The number of methoxy groups -OCH3 is 1. The Labute approximate surface area is 152 Å². The summed E-state index contributed by atoms with van der Waals surface area (Å²) in [5.74, 6) is -2.77. The summed E-state index contributed by atoms with van der Waals surface area (Å²) in [5, 5.41) is 9.01. The Hall–Kier alpha value is -3.18. The van der Waals surface area contributed by atoms with Crippen LogP contribution in [0.4, 0.5) is 31.1 Å². The van der Waals surface area contributed by atoms with Gasteiger partial charge >= 0.3 is 18.4 Å². The number of nitrogens with one attached hydrogen (secondary N) is 1. The van der Waals surface area contributed by atoms with E-state index in [1.807, 2.05) is 0 Å². The normalized spacial score (nSPS) is 12.0. The van der Waals surface area contributed by atoms with E-state index in [0.29, 0.717) is 0 Å². The second-order valence-corrected chi connectivity index (χ2v) is 5.34. The second-order valence-electron chi connectivity index (χ2n) is 5.34. The zero-order chi connectivity index (χ0) is 21.3. The Balaban J connectivity index is 2.78. The summed E-state index contributed by atoms with van der Waals surface area (Å²) in [7, 11) is 0.981. The number of benzene rings is 2. The van der Waals surface area contributed by atoms with Crippen molar-refractivity contribution in [3.8, 4) is 11.5 Å². The molecule has 2 N–H and O–H groups in total. The number of hydrogen-bond donors (Lipinski definition) is 2. The van der Waals surface area contributed by atoms with Crippen molar-refractivity contribution in [1.82, 2.24) is 5.32 Å². The number of hydrogen-bond acceptors (Lipinski definition) is 4. The SMILES string of the molecule is COc1ccc2c(C(=O)NC(=O)O)c(OCC(F)(F)F)ccc2c1C(F)(F)F. The molecule has 28 heavy (non-hydrogen) atoms. The summed E-state index contributed by atoms with van der Waals surface area (Å²) in [6, 6.07) is 3.38. The number of ether oxygens (including phenoxy) is 2. The van der Waals surface area contributed by atoms with Gasteiger partial charge in [-0.1, -0.05) is 0 Å². The number of halogens is 6. The highest BCUT2D eigenvalue weighted by atomic mass is 19.4. The van der Waals surface area contributed by atoms with E-state index >= 15 is 0 Å². The smallest absolute Gasteiger partial charge is 0.422 e. The van der Waals surface area contributed by atoms with Gasteiger partial charge in [0.25, 0.3) is 5.91 Å². The van der Waals surface area contributed by atoms with Crippen LogP contribution < -0.4 is 14.8 Å². The molecule has 0 spiro atoms. The molecule has 0 fully saturated rings. The summed E-state index contributed by atoms with van der Waals surface area (Å²) >= 11 is 0.